The Kier molecular flexibility index (Phi) is 28.2. The van der Waals surface area contributed by atoms with Gasteiger partial charge in [0.05, 0.1) is 25.0 Å². The van der Waals surface area contributed by atoms with Crippen LogP contribution in [-0.2, 0) is 49.6 Å². The van der Waals surface area contributed by atoms with Crippen LogP contribution >= 0.6 is 0 Å². The Morgan fingerprint density at radius 1 is 0.792 bits per heavy atom. The van der Waals surface area contributed by atoms with Gasteiger partial charge in [-0.05, 0) is 97.2 Å². The molecule has 0 radical (unpaired) electrons. The van der Waals surface area contributed by atoms with Crippen LogP contribution in [0.25, 0.3) is 0 Å². The van der Waals surface area contributed by atoms with Crippen LogP contribution in [0.1, 0.15) is 89.7 Å². The number of imidazole rings is 1. The van der Waals surface area contributed by atoms with Crippen LogP contribution in [0, 0.1) is 5.41 Å². The highest BCUT2D eigenvalue weighted by molar-refractivity contribution is 6.40. The van der Waals surface area contributed by atoms with Gasteiger partial charge in [-0.15, -0.1) is 0 Å². The molecule has 29 nitrogen and oxygen atoms in total. The largest absolute Gasteiger partial charge is 0.389 e. The van der Waals surface area contributed by atoms with Crippen molar-refractivity contribution >= 4 is 64.8 Å². The molecule has 24 N–H and O–H groups in total. The van der Waals surface area contributed by atoms with Crippen molar-refractivity contribution in [2.45, 2.75) is 139 Å². The summed E-state index contributed by atoms with van der Waals surface area (Å²) in [6, 6.07) is -8.64. The van der Waals surface area contributed by atoms with Crippen molar-refractivity contribution in [2.75, 3.05) is 45.8 Å². The second-order valence-corrected chi connectivity index (χ2v) is 17.3. The van der Waals surface area contributed by atoms with Gasteiger partial charge in [0.2, 0.25) is 41.4 Å². The molecule has 2 rings (SSSR count). The van der Waals surface area contributed by atoms with E-state index in [0.717, 1.165) is 0 Å². The molecule has 9 amide bonds. The number of aliphatic hydroxyl groups is 1. The number of guanidine groups is 1. The summed E-state index contributed by atoms with van der Waals surface area (Å²) in [5, 5.41) is 35.3. The Balaban J connectivity index is 2.23. The number of nitrogens with one attached hydrogen (secondary N) is 9. The van der Waals surface area contributed by atoms with Crippen LogP contribution in [0.3, 0.4) is 0 Å². The highest BCUT2D eigenvalue weighted by atomic mass is 16.3. The number of aliphatic hydroxyl groups excluding tert-OH is 1. The first-order valence-electron chi connectivity index (χ1n) is 24.1. The van der Waals surface area contributed by atoms with Gasteiger partial charge in [-0.1, -0.05) is 6.42 Å². The Bertz CT molecular complexity index is 1990. The Morgan fingerprint density at radius 2 is 1.43 bits per heavy atom. The molecule has 0 aliphatic carbocycles. The molecular formula is C43H77N19O10. The van der Waals surface area contributed by atoms with Crippen molar-refractivity contribution in [3.05, 3.63) is 18.2 Å². The van der Waals surface area contributed by atoms with Gasteiger partial charge in [0.1, 0.15) is 42.0 Å². The van der Waals surface area contributed by atoms with Gasteiger partial charge in [0, 0.05) is 37.9 Å². The van der Waals surface area contributed by atoms with Crippen LogP contribution in [0.2, 0.25) is 0 Å². The van der Waals surface area contributed by atoms with E-state index in [9.17, 15) is 48.3 Å². The Hall–Kier alpha value is -6.66. The van der Waals surface area contributed by atoms with Crippen LogP contribution in [-0.4, -0.2) is 179 Å². The number of hydrogen-bond acceptors (Lipinski definition) is 17. The molecule has 1 aromatic heterocycles. The standard InChI is InChI=1S/C43H77N19O10/c1-24(56-41(71)34(32(63)20-47)61-37(67)26(48)9-2-4-14-44)36(66)54-22-33(64)57-29(11-6-16-46)42(72)62-18-8-13-31(62)40(70)60-30(19-25-21-52-23-55-25)39(69)59-28(10-3-5-15-45)38(68)58-27(35(49)65)12-7-17-53-43(50)51/h21,23-24,26-28,30-32,34,63H,2-20,22,44-48H2,1H3,(H2,49,65)(H,52,55)(H,54,66)(H,56,71)(H,58,68)(H,59,69)(H,60,70)(H,61,67)(H4,50,51,53)/b57-29+/t24-,26-,27+,28-,30-,31-,32-,34-/m0/s1. The number of aromatic amines is 1. The summed E-state index contributed by atoms with van der Waals surface area (Å²) >= 11 is 0. The maximum absolute atomic E-state index is 14.1. The molecule has 0 unspecified atom stereocenters. The second-order valence-electron chi connectivity index (χ2n) is 17.3. The molecule has 0 aromatic carbocycles. The molecule has 1 saturated heterocycles. The fourth-order valence-electron chi connectivity index (χ4n) is 7.39. The van der Waals surface area contributed by atoms with E-state index >= 15 is 0 Å². The third-order valence-electron chi connectivity index (χ3n) is 11.5. The number of nitrogens with two attached hydrogens (primary N) is 7. The second kappa shape index (κ2) is 33.1. The zero-order chi connectivity index (χ0) is 53.8. The van der Waals surface area contributed by atoms with E-state index in [-0.39, 0.29) is 76.3 Å². The predicted molar refractivity (Wildman–Crippen MR) is 263 cm³/mol. The van der Waals surface area contributed by atoms with Crippen molar-refractivity contribution in [3.63, 3.8) is 0 Å². The van der Waals surface area contributed by atoms with Gasteiger partial charge in [0.25, 0.3) is 11.8 Å². The first kappa shape index (κ1) is 61.5. The lowest BCUT2D eigenvalue weighted by molar-refractivity contribution is -0.137. The molecule has 2 heterocycles. The number of unbranched alkanes of at least 4 members (excludes halogenated alkanes) is 2. The van der Waals surface area contributed by atoms with Gasteiger partial charge >= 0.3 is 0 Å². The van der Waals surface area contributed by atoms with Gasteiger partial charge in [0.15, 0.2) is 5.96 Å². The van der Waals surface area contributed by atoms with Gasteiger partial charge in [-0.25, -0.2) is 9.98 Å². The summed E-state index contributed by atoms with van der Waals surface area (Å²) in [5.41, 5.74) is 39.5. The predicted octanol–water partition coefficient (Wildman–Crippen LogP) is -7.14. The number of rotatable bonds is 34. The van der Waals surface area contributed by atoms with Crippen molar-refractivity contribution in [3.8, 4) is 0 Å². The number of nitrogens with zero attached hydrogens (tertiary/aromatic N) is 3. The molecule has 29 heteroatoms. The maximum atomic E-state index is 14.1. The molecule has 1 aliphatic rings. The van der Waals surface area contributed by atoms with Crippen molar-refractivity contribution in [1.82, 2.24) is 52.1 Å². The molecule has 8 atom stereocenters. The zero-order valence-electron chi connectivity index (χ0n) is 40.9. The highest BCUT2D eigenvalue weighted by Gasteiger charge is 2.39. The number of likely N-dealkylation sites (tertiary alicyclic amines) is 1. The zero-order valence-corrected chi connectivity index (χ0v) is 40.9. The molecule has 1 aliphatic heterocycles. The maximum Gasteiger partial charge on any atom is 0.269 e. The highest BCUT2D eigenvalue weighted by Crippen LogP contribution is 2.20. The average Bonchev–Trinajstić information content (AvgIpc) is 4.06. The average molecular weight is 1020 g/mol. The monoisotopic (exact) mass is 1020 g/mol. The van der Waals surface area contributed by atoms with E-state index in [2.05, 4.69) is 52.2 Å². The number of hydrogen-bond donors (Lipinski definition) is 17. The third-order valence-corrected chi connectivity index (χ3v) is 11.5. The minimum atomic E-state index is -1.57. The number of H-pyrrole nitrogens is 1. The number of aromatic nitrogens is 2. The van der Waals surface area contributed by atoms with Crippen LogP contribution < -0.4 is 77.4 Å². The molecule has 404 valence electrons. The molecule has 0 spiro atoms. The van der Waals surface area contributed by atoms with E-state index in [1.807, 2.05) is 0 Å². The Morgan fingerprint density at radius 3 is 2.04 bits per heavy atom. The van der Waals surface area contributed by atoms with Crippen molar-refractivity contribution < 1.29 is 48.3 Å². The molecular weight excluding hydrogens is 943 g/mol. The van der Waals surface area contributed by atoms with Crippen molar-refractivity contribution in [2.24, 2.45) is 45.1 Å². The first-order valence-corrected chi connectivity index (χ1v) is 24.1. The fraction of sp³-hybridized carbons (Fsp3) is 0.674. The number of carbonyl (C=O) groups excluding carboxylic acids is 9. The lowest BCUT2D eigenvalue weighted by Crippen LogP contribution is -2.60. The quantitative estimate of drug-likeness (QED) is 0.0173. The molecule has 1 aromatic rings. The van der Waals surface area contributed by atoms with E-state index in [0.29, 0.717) is 57.3 Å². The van der Waals surface area contributed by atoms with Crippen molar-refractivity contribution in [1.29, 1.82) is 5.41 Å². The topological polar surface area (TPSA) is 508 Å². The smallest absolute Gasteiger partial charge is 0.269 e. The first-order chi connectivity index (χ1) is 34.3. The normalized spacial score (nSPS) is 16.4. The van der Waals surface area contributed by atoms with E-state index in [1.165, 1.54) is 24.3 Å². The lowest BCUT2D eigenvalue weighted by atomic mass is 10.0. The summed E-state index contributed by atoms with van der Waals surface area (Å²) in [5.74, 6) is -7.57. The van der Waals surface area contributed by atoms with E-state index in [4.69, 9.17) is 45.5 Å². The number of aliphatic imine (C=N–C) groups is 1. The SMILES string of the molecule is C[C@H](NC(=O)[C@@H](NC(=O)[C@@H](N)CCCCN)[C@@H](O)CN)C(=O)NCC(=O)/N=C(\CCCN)C(=O)N1CCC[C@H]1C(=O)N[C@@H](Cc1cnc[nH]1)C(=O)N[C@@H](CCCCN)C(=O)N[C@H](CCCNC(=N)N)C(N)=O. The van der Waals surface area contributed by atoms with Crippen LogP contribution in [0.15, 0.2) is 17.5 Å². The Labute approximate surface area is 417 Å². The van der Waals surface area contributed by atoms with E-state index in [1.54, 1.807) is 0 Å². The fourth-order valence-corrected chi connectivity index (χ4v) is 7.39. The number of carbonyl (C=O) groups is 9. The summed E-state index contributed by atoms with van der Waals surface area (Å²) < 4.78 is 0. The van der Waals surface area contributed by atoms with Gasteiger partial charge < -0.3 is 92.3 Å². The van der Waals surface area contributed by atoms with Gasteiger partial charge in [-0.2, -0.15) is 0 Å². The van der Waals surface area contributed by atoms with Gasteiger partial charge in [-0.3, -0.25) is 48.6 Å². The van der Waals surface area contributed by atoms with Crippen LogP contribution in [0.4, 0.5) is 0 Å². The summed E-state index contributed by atoms with van der Waals surface area (Å²) in [6.07, 6.45) is 4.70. The summed E-state index contributed by atoms with van der Waals surface area (Å²) in [7, 11) is 0. The summed E-state index contributed by atoms with van der Waals surface area (Å²) in [4.78, 5) is 132. The number of amides is 9. The molecule has 1 fully saturated rings. The molecule has 0 saturated carbocycles. The number of primary amides is 1. The minimum absolute atomic E-state index is 0.0773. The third kappa shape index (κ3) is 21.8. The van der Waals surface area contributed by atoms with E-state index < -0.39 is 115 Å². The summed E-state index contributed by atoms with van der Waals surface area (Å²) in [6.45, 7) is 1.26. The minimum Gasteiger partial charge on any atom is -0.389 e. The molecule has 0 bridgehead atoms. The lowest BCUT2D eigenvalue weighted by Gasteiger charge is -2.28. The van der Waals surface area contributed by atoms with Crippen LogP contribution in [0.5, 0.6) is 0 Å². The molecule has 72 heavy (non-hydrogen) atoms.